The number of carbonyl (C=O) groups is 1. The van der Waals surface area contributed by atoms with Crippen LogP contribution in [0.2, 0.25) is 5.02 Å². The topological polar surface area (TPSA) is 62.8 Å². The van der Waals surface area contributed by atoms with Gasteiger partial charge in [-0.1, -0.05) is 11.6 Å². The standard InChI is InChI=1S/C15H22ClN3O3/c1-21-14-4-3-12(16)11-13(14)18-15(20)17-5-2-6-19-7-9-22-10-8-19/h3-4,11H,2,5-10H2,1H3,(H2,17,18,20). The largest absolute Gasteiger partial charge is 0.495 e. The molecule has 0 aromatic heterocycles. The van der Waals surface area contributed by atoms with Crippen molar-refractivity contribution >= 4 is 23.3 Å². The number of nitrogens with one attached hydrogen (secondary N) is 2. The van der Waals surface area contributed by atoms with Crippen LogP contribution in [0.3, 0.4) is 0 Å². The number of nitrogens with zero attached hydrogens (tertiary/aromatic N) is 1. The minimum absolute atomic E-state index is 0.262. The Labute approximate surface area is 135 Å². The van der Waals surface area contributed by atoms with Crippen molar-refractivity contribution < 1.29 is 14.3 Å². The van der Waals surface area contributed by atoms with Gasteiger partial charge in [0.05, 0.1) is 26.0 Å². The first-order chi connectivity index (χ1) is 10.7. The van der Waals surface area contributed by atoms with Gasteiger partial charge in [-0.15, -0.1) is 0 Å². The van der Waals surface area contributed by atoms with Crippen molar-refractivity contribution in [1.82, 2.24) is 10.2 Å². The minimum Gasteiger partial charge on any atom is -0.495 e. The molecule has 1 aromatic carbocycles. The number of amides is 2. The molecular formula is C15H22ClN3O3. The van der Waals surface area contributed by atoms with E-state index in [9.17, 15) is 4.79 Å². The summed E-state index contributed by atoms with van der Waals surface area (Å²) in [6.45, 7) is 5.10. The predicted octanol–water partition coefficient (Wildman–Crippen LogP) is 2.19. The number of halogens is 1. The molecule has 6 nitrogen and oxygen atoms in total. The number of anilines is 1. The van der Waals surface area contributed by atoms with Crippen LogP contribution in [0.5, 0.6) is 5.75 Å². The highest BCUT2D eigenvalue weighted by molar-refractivity contribution is 6.31. The van der Waals surface area contributed by atoms with Gasteiger partial charge in [-0.05, 0) is 31.2 Å². The highest BCUT2D eigenvalue weighted by atomic mass is 35.5. The number of ether oxygens (including phenoxy) is 2. The second kappa shape index (κ2) is 8.82. The van der Waals surface area contributed by atoms with E-state index in [2.05, 4.69) is 15.5 Å². The summed E-state index contributed by atoms with van der Waals surface area (Å²) in [5, 5.41) is 6.13. The monoisotopic (exact) mass is 327 g/mol. The molecule has 0 radical (unpaired) electrons. The lowest BCUT2D eigenvalue weighted by molar-refractivity contribution is 0.0375. The predicted molar refractivity (Wildman–Crippen MR) is 86.9 cm³/mol. The SMILES string of the molecule is COc1ccc(Cl)cc1NC(=O)NCCCN1CCOCC1. The zero-order chi connectivity index (χ0) is 15.8. The molecule has 0 saturated carbocycles. The smallest absolute Gasteiger partial charge is 0.319 e. The quantitative estimate of drug-likeness (QED) is 0.786. The van der Waals surface area contributed by atoms with Crippen LogP contribution in [0.25, 0.3) is 0 Å². The second-order valence-corrected chi connectivity index (χ2v) is 5.47. The van der Waals surface area contributed by atoms with Gasteiger partial charge in [0.25, 0.3) is 0 Å². The molecule has 0 spiro atoms. The molecule has 7 heteroatoms. The van der Waals surface area contributed by atoms with Crippen LogP contribution in [0.1, 0.15) is 6.42 Å². The molecule has 1 aliphatic rings. The molecule has 0 bridgehead atoms. The van der Waals surface area contributed by atoms with E-state index in [1.54, 1.807) is 25.3 Å². The molecule has 1 saturated heterocycles. The van der Waals surface area contributed by atoms with Crippen LogP contribution in [0.15, 0.2) is 18.2 Å². The Hall–Kier alpha value is -1.50. The number of methoxy groups -OCH3 is 1. The second-order valence-electron chi connectivity index (χ2n) is 5.03. The van der Waals surface area contributed by atoms with Crippen LogP contribution < -0.4 is 15.4 Å². The van der Waals surface area contributed by atoms with Crippen molar-refractivity contribution in [3.05, 3.63) is 23.2 Å². The Bertz CT molecular complexity index is 493. The molecule has 0 unspecified atom stereocenters. The molecule has 1 aliphatic heterocycles. The highest BCUT2D eigenvalue weighted by Crippen LogP contribution is 2.27. The fourth-order valence-corrected chi connectivity index (χ4v) is 2.45. The molecule has 1 aromatic rings. The first-order valence-electron chi connectivity index (χ1n) is 7.37. The van der Waals surface area contributed by atoms with E-state index in [1.807, 2.05) is 0 Å². The summed E-state index contributed by atoms with van der Waals surface area (Å²) in [5.41, 5.74) is 0.556. The Morgan fingerprint density at radius 1 is 1.41 bits per heavy atom. The molecule has 1 fully saturated rings. The minimum atomic E-state index is -0.262. The molecule has 22 heavy (non-hydrogen) atoms. The summed E-state index contributed by atoms with van der Waals surface area (Å²) < 4.78 is 10.5. The van der Waals surface area contributed by atoms with Crippen LogP contribution in [-0.4, -0.2) is 57.4 Å². The lowest BCUT2D eigenvalue weighted by Crippen LogP contribution is -2.38. The van der Waals surface area contributed by atoms with Crippen molar-refractivity contribution in [3.8, 4) is 5.75 Å². The van der Waals surface area contributed by atoms with Gasteiger partial charge in [0.1, 0.15) is 5.75 Å². The van der Waals surface area contributed by atoms with Gasteiger partial charge in [0.2, 0.25) is 0 Å². The Morgan fingerprint density at radius 3 is 2.91 bits per heavy atom. The number of hydrogen-bond donors (Lipinski definition) is 2. The third kappa shape index (κ3) is 5.36. The van der Waals surface area contributed by atoms with E-state index < -0.39 is 0 Å². The van der Waals surface area contributed by atoms with Crippen molar-refractivity contribution in [1.29, 1.82) is 0 Å². The zero-order valence-electron chi connectivity index (χ0n) is 12.7. The summed E-state index contributed by atoms with van der Waals surface area (Å²) in [5.74, 6) is 0.577. The maximum atomic E-state index is 11.9. The number of benzene rings is 1. The molecular weight excluding hydrogens is 306 g/mol. The Balaban J connectivity index is 1.70. The van der Waals surface area contributed by atoms with Gasteiger partial charge in [0, 0.05) is 24.7 Å². The number of rotatable bonds is 6. The maximum Gasteiger partial charge on any atom is 0.319 e. The maximum absolute atomic E-state index is 11.9. The molecule has 2 N–H and O–H groups in total. The fraction of sp³-hybridized carbons (Fsp3) is 0.533. The Kier molecular flexibility index (Phi) is 6.76. The number of morpholine rings is 1. The van der Waals surface area contributed by atoms with Crippen molar-refractivity contribution in [3.63, 3.8) is 0 Å². The van der Waals surface area contributed by atoms with Crippen molar-refractivity contribution in [2.24, 2.45) is 0 Å². The number of carbonyl (C=O) groups excluding carboxylic acids is 1. The van der Waals surface area contributed by atoms with Gasteiger partial charge in [-0.3, -0.25) is 4.90 Å². The van der Waals surface area contributed by atoms with Crippen LogP contribution in [-0.2, 0) is 4.74 Å². The van der Waals surface area contributed by atoms with Crippen LogP contribution in [0, 0.1) is 0 Å². The van der Waals surface area contributed by atoms with Gasteiger partial charge in [-0.25, -0.2) is 4.79 Å². The highest BCUT2D eigenvalue weighted by Gasteiger charge is 2.10. The first kappa shape index (κ1) is 16.9. The van der Waals surface area contributed by atoms with E-state index in [0.29, 0.717) is 23.0 Å². The van der Waals surface area contributed by atoms with Crippen molar-refractivity contribution in [2.75, 3.05) is 51.8 Å². The molecule has 122 valence electrons. The van der Waals surface area contributed by atoms with E-state index >= 15 is 0 Å². The summed E-state index contributed by atoms with van der Waals surface area (Å²) in [6.07, 6.45) is 0.903. The normalized spacial score (nSPS) is 15.4. The average Bonchev–Trinajstić information content (AvgIpc) is 2.53. The zero-order valence-corrected chi connectivity index (χ0v) is 13.5. The average molecular weight is 328 g/mol. The molecule has 2 rings (SSSR count). The van der Waals surface area contributed by atoms with E-state index in [4.69, 9.17) is 21.1 Å². The third-order valence-corrected chi connectivity index (χ3v) is 3.69. The van der Waals surface area contributed by atoms with Gasteiger partial charge in [0.15, 0.2) is 0 Å². The summed E-state index contributed by atoms with van der Waals surface area (Å²) in [6, 6.07) is 4.83. The molecule has 1 heterocycles. The van der Waals surface area contributed by atoms with Crippen molar-refractivity contribution in [2.45, 2.75) is 6.42 Å². The lowest BCUT2D eigenvalue weighted by Gasteiger charge is -2.26. The van der Waals surface area contributed by atoms with E-state index in [0.717, 1.165) is 39.3 Å². The van der Waals surface area contributed by atoms with Gasteiger partial charge < -0.3 is 20.1 Å². The Morgan fingerprint density at radius 2 is 2.18 bits per heavy atom. The molecule has 0 atom stereocenters. The molecule has 0 aliphatic carbocycles. The van der Waals surface area contributed by atoms with Gasteiger partial charge >= 0.3 is 6.03 Å². The number of urea groups is 1. The lowest BCUT2D eigenvalue weighted by atomic mass is 10.3. The fourth-order valence-electron chi connectivity index (χ4n) is 2.27. The van der Waals surface area contributed by atoms with Crippen LogP contribution in [0.4, 0.5) is 10.5 Å². The van der Waals surface area contributed by atoms with E-state index in [1.165, 1.54) is 0 Å². The molecule has 2 amide bonds. The summed E-state index contributed by atoms with van der Waals surface area (Å²) in [7, 11) is 1.55. The summed E-state index contributed by atoms with van der Waals surface area (Å²) >= 11 is 5.93. The van der Waals surface area contributed by atoms with Gasteiger partial charge in [-0.2, -0.15) is 0 Å². The summed E-state index contributed by atoms with van der Waals surface area (Å²) in [4.78, 5) is 14.2. The van der Waals surface area contributed by atoms with Crippen LogP contribution >= 0.6 is 11.6 Å². The van der Waals surface area contributed by atoms with E-state index in [-0.39, 0.29) is 6.03 Å². The number of hydrogen-bond acceptors (Lipinski definition) is 4. The first-order valence-corrected chi connectivity index (χ1v) is 7.75. The third-order valence-electron chi connectivity index (χ3n) is 3.45.